The second-order valence-corrected chi connectivity index (χ2v) is 10.1. The number of hydrogen-bond acceptors (Lipinski definition) is 9. The van der Waals surface area contributed by atoms with Gasteiger partial charge >= 0.3 is 11.9 Å². The van der Waals surface area contributed by atoms with Gasteiger partial charge in [0.2, 0.25) is 0 Å². The van der Waals surface area contributed by atoms with E-state index in [0.29, 0.717) is 42.5 Å². The number of benzene rings is 1. The Labute approximate surface area is 183 Å². The number of piperidine rings is 1. The Kier molecular flexibility index (Phi) is 5.93. The number of amidine groups is 1. The summed E-state index contributed by atoms with van der Waals surface area (Å²) in [4.78, 5) is 40.4. The standard InChI is InChI=1S/C19H21N3O7S2/c1-28-17(24)12-4-6-21(7-5-12)16(23)11-29-18(25)13-2-3-14-15(10-13)30-19-20-31(26,27)9-8-22(14)19/h2-3,10,12H,4-9,11H2,1H3. The van der Waals surface area contributed by atoms with Crippen LogP contribution < -0.4 is 4.90 Å². The Morgan fingerprint density at radius 2 is 1.94 bits per heavy atom. The van der Waals surface area contributed by atoms with Crippen molar-refractivity contribution in [2.45, 2.75) is 17.7 Å². The van der Waals surface area contributed by atoms with Crippen molar-refractivity contribution < 1.29 is 32.3 Å². The highest BCUT2D eigenvalue weighted by molar-refractivity contribution is 8.15. The van der Waals surface area contributed by atoms with Gasteiger partial charge in [-0.15, -0.1) is 4.40 Å². The highest BCUT2D eigenvalue weighted by atomic mass is 32.2. The second kappa shape index (κ2) is 8.50. The number of ether oxygens (including phenoxy) is 2. The first-order valence-electron chi connectivity index (χ1n) is 9.72. The second-order valence-electron chi connectivity index (χ2n) is 7.35. The molecule has 0 aliphatic carbocycles. The highest BCUT2D eigenvalue weighted by Crippen LogP contribution is 2.42. The molecule has 0 unspecified atom stereocenters. The summed E-state index contributed by atoms with van der Waals surface area (Å²) in [5, 5.41) is 0.373. The van der Waals surface area contributed by atoms with Crippen LogP contribution in [0, 0.1) is 5.92 Å². The minimum atomic E-state index is -3.45. The number of sulfonamides is 1. The lowest BCUT2D eigenvalue weighted by atomic mass is 9.97. The molecule has 0 radical (unpaired) electrons. The Morgan fingerprint density at radius 3 is 2.65 bits per heavy atom. The van der Waals surface area contributed by atoms with Crippen LogP contribution in [0.2, 0.25) is 0 Å². The molecule has 31 heavy (non-hydrogen) atoms. The molecule has 10 nitrogen and oxygen atoms in total. The topological polar surface area (TPSA) is 123 Å². The van der Waals surface area contributed by atoms with Crippen molar-refractivity contribution in [2.24, 2.45) is 10.3 Å². The van der Waals surface area contributed by atoms with E-state index in [-0.39, 0.29) is 35.7 Å². The molecule has 3 aliphatic heterocycles. The number of carbonyl (C=O) groups excluding carboxylic acids is 3. The Bertz CT molecular complexity index is 1060. The first-order valence-corrected chi connectivity index (χ1v) is 12.1. The van der Waals surface area contributed by atoms with Crippen molar-refractivity contribution in [1.82, 2.24) is 4.90 Å². The lowest BCUT2D eigenvalue weighted by molar-refractivity contribution is -0.149. The van der Waals surface area contributed by atoms with Crippen molar-refractivity contribution in [2.75, 3.05) is 44.0 Å². The highest BCUT2D eigenvalue weighted by Gasteiger charge is 2.34. The summed E-state index contributed by atoms with van der Waals surface area (Å²) >= 11 is 1.18. The molecular formula is C19H21N3O7S2. The van der Waals surface area contributed by atoms with E-state index >= 15 is 0 Å². The van der Waals surface area contributed by atoms with Gasteiger partial charge in [0, 0.05) is 24.5 Å². The van der Waals surface area contributed by atoms with Gasteiger partial charge in [-0.25, -0.2) is 13.2 Å². The van der Waals surface area contributed by atoms with Gasteiger partial charge in [0.25, 0.3) is 15.9 Å². The molecule has 1 aromatic carbocycles. The predicted octanol–water partition coefficient (Wildman–Crippen LogP) is 0.866. The van der Waals surface area contributed by atoms with Crippen LogP contribution in [-0.4, -0.2) is 75.4 Å². The molecule has 0 N–H and O–H groups in total. The smallest absolute Gasteiger partial charge is 0.338 e. The van der Waals surface area contributed by atoms with Crippen molar-refractivity contribution in [1.29, 1.82) is 0 Å². The zero-order valence-corrected chi connectivity index (χ0v) is 18.4. The van der Waals surface area contributed by atoms with Crippen LogP contribution in [0.3, 0.4) is 0 Å². The molecule has 12 heteroatoms. The van der Waals surface area contributed by atoms with Gasteiger partial charge in [0.1, 0.15) is 0 Å². The molecule has 1 saturated heterocycles. The number of nitrogens with zero attached hydrogens (tertiary/aromatic N) is 3. The molecule has 1 aromatic rings. The van der Waals surface area contributed by atoms with Gasteiger partial charge in [-0.3, -0.25) is 9.59 Å². The van der Waals surface area contributed by atoms with Crippen molar-refractivity contribution in [3.8, 4) is 0 Å². The summed E-state index contributed by atoms with van der Waals surface area (Å²) in [5.74, 6) is -1.49. The van der Waals surface area contributed by atoms with Crippen molar-refractivity contribution in [3.05, 3.63) is 23.8 Å². The lowest BCUT2D eigenvalue weighted by Crippen LogP contribution is -2.42. The van der Waals surface area contributed by atoms with Crippen LogP contribution in [0.1, 0.15) is 23.2 Å². The third-order valence-corrected chi connectivity index (χ3v) is 7.72. The van der Waals surface area contributed by atoms with Crippen LogP contribution in [-0.2, 0) is 29.1 Å². The fourth-order valence-electron chi connectivity index (χ4n) is 3.69. The van der Waals surface area contributed by atoms with Crippen molar-refractivity contribution >= 4 is 50.5 Å². The molecule has 0 aromatic heterocycles. The summed E-state index contributed by atoms with van der Waals surface area (Å²) in [6.07, 6.45) is 1.04. The molecule has 3 heterocycles. The van der Waals surface area contributed by atoms with E-state index in [0.717, 1.165) is 5.69 Å². The Morgan fingerprint density at radius 1 is 1.19 bits per heavy atom. The van der Waals surface area contributed by atoms with E-state index in [1.54, 1.807) is 28.0 Å². The first kappa shape index (κ1) is 21.6. The fourth-order valence-corrected chi connectivity index (χ4v) is 5.99. The van der Waals surface area contributed by atoms with E-state index in [4.69, 9.17) is 9.47 Å². The van der Waals surface area contributed by atoms with E-state index in [9.17, 15) is 22.8 Å². The van der Waals surface area contributed by atoms with E-state index in [1.165, 1.54) is 18.9 Å². The largest absolute Gasteiger partial charge is 0.469 e. The summed E-state index contributed by atoms with van der Waals surface area (Å²) in [7, 11) is -2.11. The number of rotatable bonds is 4. The average molecular weight is 468 g/mol. The number of methoxy groups -OCH3 is 1. The van der Waals surface area contributed by atoms with Crippen LogP contribution in [0.5, 0.6) is 0 Å². The first-order chi connectivity index (χ1) is 14.8. The van der Waals surface area contributed by atoms with Crippen LogP contribution in [0.4, 0.5) is 5.69 Å². The maximum atomic E-state index is 12.4. The normalized spacial score (nSPS) is 19.8. The number of carbonyl (C=O) groups is 3. The number of fused-ring (bicyclic) bond motifs is 3. The summed E-state index contributed by atoms with van der Waals surface area (Å²) in [6.45, 7) is 0.744. The molecule has 0 spiro atoms. The predicted molar refractivity (Wildman–Crippen MR) is 112 cm³/mol. The quantitative estimate of drug-likeness (QED) is 0.593. The van der Waals surface area contributed by atoms with Crippen molar-refractivity contribution in [3.63, 3.8) is 0 Å². The third-order valence-electron chi connectivity index (χ3n) is 5.42. The van der Waals surface area contributed by atoms with E-state index in [1.807, 2.05) is 0 Å². The molecule has 1 fully saturated rings. The molecule has 4 rings (SSSR count). The van der Waals surface area contributed by atoms with Gasteiger partial charge in [0.15, 0.2) is 11.8 Å². The zero-order chi connectivity index (χ0) is 22.2. The zero-order valence-electron chi connectivity index (χ0n) is 16.8. The lowest BCUT2D eigenvalue weighted by Gasteiger charge is -2.30. The summed E-state index contributed by atoms with van der Waals surface area (Å²) in [5.41, 5.74) is 1.06. The third kappa shape index (κ3) is 4.54. The molecule has 166 valence electrons. The van der Waals surface area contributed by atoms with E-state index in [2.05, 4.69) is 4.40 Å². The molecule has 0 saturated carbocycles. The van der Waals surface area contributed by atoms with E-state index < -0.39 is 16.0 Å². The van der Waals surface area contributed by atoms with Gasteiger partial charge in [-0.1, -0.05) is 0 Å². The minimum Gasteiger partial charge on any atom is -0.469 e. The number of anilines is 1. The Balaban J connectivity index is 1.34. The number of amides is 1. The summed E-state index contributed by atoms with van der Waals surface area (Å²) < 4.78 is 37.1. The number of hydrogen-bond donors (Lipinski definition) is 0. The fraction of sp³-hybridized carbons (Fsp3) is 0.474. The maximum Gasteiger partial charge on any atom is 0.338 e. The van der Waals surface area contributed by atoms with Crippen LogP contribution in [0.25, 0.3) is 0 Å². The van der Waals surface area contributed by atoms with Gasteiger partial charge in [0.05, 0.1) is 30.0 Å². The van der Waals surface area contributed by atoms with Crippen LogP contribution in [0.15, 0.2) is 27.5 Å². The van der Waals surface area contributed by atoms with Crippen LogP contribution >= 0.6 is 11.8 Å². The van der Waals surface area contributed by atoms with Gasteiger partial charge < -0.3 is 19.3 Å². The molecule has 3 aliphatic rings. The minimum absolute atomic E-state index is 0.0563. The molecule has 0 atom stereocenters. The number of thioether (sulfide) groups is 1. The molecule has 1 amide bonds. The maximum absolute atomic E-state index is 12.4. The molecular weight excluding hydrogens is 446 g/mol. The molecule has 0 bridgehead atoms. The monoisotopic (exact) mass is 467 g/mol. The SMILES string of the molecule is COC(=O)C1CCN(C(=O)COC(=O)c2ccc3c(c2)SC2=NS(=O)(=O)CCN23)CC1. The van der Waals surface area contributed by atoms with Gasteiger partial charge in [-0.2, -0.15) is 0 Å². The number of likely N-dealkylation sites (tertiary alicyclic amines) is 1. The average Bonchev–Trinajstić information content (AvgIpc) is 3.12. The number of esters is 2. The Hall–Kier alpha value is -2.60. The van der Waals surface area contributed by atoms with Gasteiger partial charge in [-0.05, 0) is 42.8 Å². The summed E-state index contributed by atoms with van der Waals surface area (Å²) in [6, 6.07) is 4.92.